The van der Waals surface area contributed by atoms with Gasteiger partial charge in [-0.15, -0.1) is 0 Å². The van der Waals surface area contributed by atoms with E-state index in [0.717, 1.165) is 33.9 Å². The van der Waals surface area contributed by atoms with E-state index in [1.807, 2.05) is 0 Å². The van der Waals surface area contributed by atoms with Crippen molar-refractivity contribution >= 4 is 38.9 Å². The molecule has 0 amide bonds. The summed E-state index contributed by atoms with van der Waals surface area (Å²) in [5, 5.41) is 2.49. The Labute approximate surface area is 397 Å². The van der Waals surface area contributed by atoms with Gasteiger partial charge in [-0.3, -0.25) is 0 Å². The maximum atomic E-state index is 2.41. The molecule has 12 rings (SSSR count). The minimum absolute atomic E-state index is 1.08. The summed E-state index contributed by atoms with van der Waals surface area (Å²) in [6.07, 6.45) is 0. The molecule has 0 aliphatic rings. The Balaban J connectivity index is 0.957. The number of hydrogen-bond acceptors (Lipinski definition) is 1. The maximum Gasteiger partial charge on any atom is 0.0547 e. The van der Waals surface area contributed by atoms with Crippen molar-refractivity contribution in [2.75, 3.05) is 4.90 Å². The van der Waals surface area contributed by atoms with Crippen LogP contribution in [0.4, 0.5) is 17.1 Å². The van der Waals surface area contributed by atoms with Gasteiger partial charge in [0, 0.05) is 33.4 Å². The van der Waals surface area contributed by atoms with Crippen LogP contribution in [0.3, 0.4) is 0 Å². The van der Waals surface area contributed by atoms with Gasteiger partial charge in [0.05, 0.1) is 16.7 Å². The lowest BCUT2D eigenvalue weighted by Gasteiger charge is -2.28. The van der Waals surface area contributed by atoms with Crippen LogP contribution in [0.15, 0.2) is 279 Å². The molecule has 0 N–H and O–H groups in total. The predicted octanol–water partition coefficient (Wildman–Crippen LogP) is 18.3. The monoisotopic (exact) mass is 866 g/mol. The summed E-state index contributed by atoms with van der Waals surface area (Å²) >= 11 is 0. The molecule has 1 aromatic heterocycles. The molecule has 0 radical (unpaired) electrons. The molecule has 0 aliphatic heterocycles. The summed E-state index contributed by atoms with van der Waals surface area (Å²) in [4.78, 5) is 2.41. The lowest BCUT2D eigenvalue weighted by atomic mass is 9.94. The van der Waals surface area contributed by atoms with Gasteiger partial charge in [-0.1, -0.05) is 212 Å². The third-order valence-electron chi connectivity index (χ3n) is 13.2. The molecule has 0 bridgehead atoms. The van der Waals surface area contributed by atoms with Crippen molar-refractivity contribution in [2.45, 2.75) is 0 Å². The molecular weight excluding hydrogens is 821 g/mol. The number of para-hydroxylation sites is 3. The largest absolute Gasteiger partial charge is 0.310 e. The van der Waals surface area contributed by atoms with E-state index in [-0.39, 0.29) is 0 Å². The van der Waals surface area contributed by atoms with Crippen molar-refractivity contribution < 1.29 is 0 Å². The summed E-state index contributed by atoms with van der Waals surface area (Å²) in [6, 6.07) is 101. The van der Waals surface area contributed by atoms with E-state index < -0.39 is 0 Å². The van der Waals surface area contributed by atoms with E-state index in [1.165, 1.54) is 77.4 Å². The SMILES string of the molecule is c1ccc(-c2ccc(-c3ccc(N(c4ccc(-c5cccc(-c6ccccc6)c5)cc4)c4ccccc4-c4cccc(-c5cccc6c5c5ccccc5n6-c5ccccc5)c4)cc3)cc2)cc1. The normalized spacial score (nSPS) is 11.2. The second kappa shape index (κ2) is 17.8. The highest BCUT2D eigenvalue weighted by atomic mass is 15.1. The van der Waals surface area contributed by atoms with Crippen LogP contribution >= 0.6 is 0 Å². The lowest BCUT2D eigenvalue weighted by Crippen LogP contribution is -2.11. The van der Waals surface area contributed by atoms with Crippen LogP contribution in [0.25, 0.3) is 94.3 Å². The van der Waals surface area contributed by atoms with Gasteiger partial charge >= 0.3 is 0 Å². The average Bonchev–Trinajstić information content (AvgIpc) is 3.77. The van der Waals surface area contributed by atoms with E-state index in [9.17, 15) is 0 Å². The van der Waals surface area contributed by atoms with Crippen LogP contribution in [0.2, 0.25) is 0 Å². The van der Waals surface area contributed by atoms with Crippen molar-refractivity contribution in [3.8, 4) is 72.4 Å². The fraction of sp³-hybridized carbons (Fsp3) is 0. The fourth-order valence-electron chi connectivity index (χ4n) is 9.91. The van der Waals surface area contributed by atoms with E-state index in [4.69, 9.17) is 0 Å². The Morgan fingerprint density at radius 2 is 0.632 bits per heavy atom. The smallest absolute Gasteiger partial charge is 0.0547 e. The average molecular weight is 867 g/mol. The second-order valence-electron chi connectivity index (χ2n) is 17.3. The van der Waals surface area contributed by atoms with Crippen molar-refractivity contribution in [3.05, 3.63) is 279 Å². The molecule has 0 saturated heterocycles. The lowest BCUT2D eigenvalue weighted by molar-refractivity contribution is 1.18. The van der Waals surface area contributed by atoms with Crippen LogP contribution in [-0.2, 0) is 0 Å². The molecule has 0 spiro atoms. The highest BCUT2D eigenvalue weighted by Crippen LogP contribution is 2.44. The van der Waals surface area contributed by atoms with Gasteiger partial charge in [0.1, 0.15) is 0 Å². The molecule has 0 aliphatic carbocycles. The molecule has 2 heteroatoms. The van der Waals surface area contributed by atoms with Crippen molar-refractivity contribution in [1.82, 2.24) is 4.57 Å². The Morgan fingerprint density at radius 3 is 1.25 bits per heavy atom. The Kier molecular flexibility index (Phi) is 10.6. The number of benzene rings is 11. The molecule has 0 atom stereocenters. The Bertz CT molecular complexity index is 3680. The molecule has 0 unspecified atom stereocenters. The van der Waals surface area contributed by atoms with Gasteiger partial charge in [-0.2, -0.15) is 0 Å². The van der Waals surface area contributed by atoms with Crippen LogP contribution in [-0.4, -0.2) is 4.57 Å². The molecule has 11 aromatic carbocycles. The first-order chi connectivity index (χ1) is 33.7. The number of hydrogen-bond donors (Lipinski definition) is 0. The first-order valence-corrected chi connectivity index (χ1v) is 23.3. The van der Waals surface area contributed by atoms with Crippen LogP contribution in [0.5, 0.6) is 0 Å². The highest BCUT2D eigenvalue weighted by Gasteiger charge is 2.20. The van der Waals surface area contributed by atoms with E-state index in [0.29, 0.717) is 0 Å². The quantitative estimate of drug-likeness (QED) is 0.133. The van der Waals surface area contributed by atoms with Crippen molar-refractivity contribution in [3.63, 3.8) is 0 Å². The third-order valence-corrected chi connectivity index (χ3v) is 13.2. The summed E-state index contributed by atoms with van der Waals surface area (Å²) in [5.74, 6) is 0. The minimum atomic E-state index is 1.08. The highest BCUT2D eigenvalue weighted by molar-refractivity contribution is 6.16. The molecule has 320 valence electrons. The van der Waals surface area contributed by atoms with Gasteiger partial charge in [0.25, 0.3) is 0 Å². The molecule has 0 fully saturated rings. The van der Waals surface area contributed by atoms with E-state index >= 15 is 0 Å². The predicted molar refractivity (Wildman–Crippen MR) is 288 cm³/mol. The zero-order valence-corrected chi connectivity index (χ0v) is 37.5. The Morgan fingerprint density at radius 1 is 0.250 bits per heavy atom. The van der Waals surface area contributed by atoms with Crippen molar-refractivity contribution in [1.29, 1.82) is 0 Å². The van der Waals surface area contributed by atoms with Gasteiger partial charge in [0.2, 0.25) is 0 Å². The van der Waals surface area contributed by atoms with Crippen LogP contribution in [0.1, 0.15) is 0 Å². The third kappa shape index (κ3) is 7.64. The topological polar surface area (TPSA) is 8.17 Å². The minimum Gasteiger partial charge on any atom is -0.310 e. The van der Waals surface area contributed by atoms with Gasteiger partial charge in [0.15, 0.2) is 0 Å². The molecule has 0 saturated carbocycles. The standard InChI is InChI=1S/C66H46N2/c1-4-17-47(18-5-1)49-33-35-50(36-34-49)51-37-41-58(42-38-51)67(59-43-39-52(40-44-59)54-22-14-21-53(45-54)48-19-6-2-7-20-48)63-30-12-10-27-60(63)55-23-15-24-56(46-55)61-29-16-32-65-66(61)62-28-11-13-31-64(62)68(65)57-25-8-3-9-26-57/h1-46H. The first kappa shape index (κ1) is 40.5. The second-order valence-corrected chi connectivity index (χ2v) is 17.3. The summed E-state index contributed by atoms with van der Waals surface area (Å²) < 4.78 is 2.39. The van der Waals surface area contributed by atoms with E-state index in [2.05, 4.69) is 289 Å². The molecule has 12 aromatic rings. The van der Waals surface area contributed by atoms with Gasteiger partial charge in [-0.05, 0) is 128 Å². The van der Waals surface area contributed by atoms with Gasteiger partial charge < -0.3 is 9.47 Å². The fourth-order valence-corrected chi connectivity index (χ4v) is 9.91. The number of aromatic nitrogens is 1. The van der Waals surface area contributed by atoms with Crippen molar-refractivity contribution in [2.24, 2.45) is 0 Å². The maximum absolute atomic E-state index is 2.41. The summed E-state index contributed by atoms with van der Waals surface area (Å²) in [5.41, 5.74) is 21.0. The molecule has 68 heavy (non-hydrogen) atoms. The molecular formula is C66H46N2. The number of nitrogens with zero attached hydrogens (tertiary/aromatic N) is 2. The number of fused-ring (bicyclic) bond motifs is 3. The van der Waals surface area contributed by atoms with Crippen LogP contribution < -0.4 is 4.90 Å². The van der Waals surface area contributed by atoms with E-state index in [1.54, 1.807) is 0 Å². The summed E-state index contributed by atoms with van der Waals surface area (Å²) in [6.45, 7) is 0. The number of anilines is 3. The Hall–Kier alpha value is -8.98. The molecule has 1 heterocycles. The summed E-state index contributed by atoms with van der Waals surface area (Å²) in [7, 11) is 0. The zero-order valence-electron chi connectivity index (χ0n) is 37.5. The number of rotatable bonds is 10. The van der Waals surface area contributed by atoms with Crippen LogP contribution in [0, 0.1) is 0 Å². The molecule has 2 nitrogen and oxygen atoms in total. The zero-order chi connectivity index (χ0) is 45.2. The first-order valence-electron chi connectivity index (χ1n) is 23.3. The van der Waals surface area contributed by atoms with Gasteiger partial charge in [-0.25, -0.2) is 0 Å².